The van der Waals surface area contributed by atoms with Crippen molar-refractivity contribution >= 4 is 27.8 Å². The largest absolute Gasteiger partial charge is 0.484 e. The van der Waals surface area contributed by atoms with E-state index in [0.29, 0.717) is 5.75 Å². The molecule has 2 aromatic carbocycles. The molecule has 0 aromatic heterocycles. The minimum Gasteiger partial charge on any atom is -0.484 e. The normalized spacial score (nSPS) is 11.5. The summed E-state index contributed by atoms with van der Waals surface area (Å²) in [7, 11) is 0. The van der Waals surface area contributed by atoms with Crippen LogP contribution in [0.2, 0.25) is 0 Å². The fourth-order valence-corrected chi connectivity index (χ4v) is 2.23. The van der Waals surface area contributed by atoms with Gasteiger partial charge in [0.25, 0.3) is 5.91 Å². The number of rotatable bonds is 7. The number of benzene rings is 2. The standard InChI is InChI=1S/C17H16BrNO4/c18-13-6-8-14(9-7-13)23-11-16(20)19-15(17(21)22)10-12-4-2-1-3-5-12/h1-9,15H,10-11H2,(H,19,20)(H,21,22). The highest BCUT2D eigenvalue weighted by atomic mass is 79.9. The molecule has 0 bridgehead atoms. The molecule has 0 heterocycles. The Balaban J connectivity index is 1.88. The highest BCUT2D eigenvalue weighted by Gasteiger charge is 2.20. The summed E-state index contributed by atoms with van der Waals surface area (Å²) in [5, 5.41) is 11.7. The number of carboxylic acid groups (broad SMARTS) is 1. The Hall–Kier alpha value is -2.34. The molecular formula is C17H16BrNO4. The van der Waals surface area contributed by atoms with Crippen LogP contribution in [0.15, 0.2) is 59.1 Å². The summed E-state index contributed by atoms with van der Waals surface area (Å²) >= 11 is 3.31. The molecule has 2 aromatic rings. The van der Waals surface area contributed by atoms with Gasteiger partial charge in [0, 0.05) is 10.9 Å². The number of carboxylic acids is 1. The minimum absolute atomic E-state index is 0.222. The summed E-state index contributed by atoms with van der Waals surface area (Å²) in [5.41, 5.74) is 0.842. The third kappa shape index (κ3) is 5.75. The van der Waals surface area contributed by atoms with Gasteiger partial charge >= 0.3 is 5.97 Å². The lowest BCUT2D eigenvalue weighted by molar-refractivity contribution is -0.142. The van der Waals surface area contributed by atoms with E-state index in [1.54, 1.807) is 24.3 Å². The first-order chi connectivity index (χ1) is 11.0. The van der Waals surface area contributed by atoms with Crippen molar-refractivity contribution in [3.63, 3.8) is 0 Å². The van der Waals surface area contributed by atoms with Crippen LogP contribution in [0.5, 0.6) is 5.75 Å². The Kier molecular flexibility index (Phi) is 6.17. The minimum atomic E-state index is -1.08. The number of hydrogen-bond donors (Lipinski definition) is 2. The number of halogens is 1. The lowest BCUT2D eigenvalue weighted by Crippen LogP contribution is -2.44. The van der Waals surface area contributed by atoms with Crippen LogP contribution >= 0.6 is 15.9 Å². The van der Waals surface area contributed by atoms with Gasteiger partial charge in [-0.05, 0) is 29.8 Å². The molecule has 0 aliphatic heterocycles. The van der Waals surface area contributed by atoms with Gasteiger partial charge in [-0.25, -0.2) is 4.79 Å². The summed E-state index contributed by atoms with van der Waals surface area (Å²) in [6.07, 6.45) is 0.222. The Morgan fingerprint density at radius 1 is 1.09 bits per heavy atom. The maximum absolute atomic E-state index is 11.9. The molecule has 0 radical (unpaired) electrons. The molecule has 0 saturated heterocycles. The van der Waals surface area contributed by atoms with Gasteiger partial charge in [0.05, 0.1) is 0 Å². The predicted octanol–water partition coefficient (Wildman–Crippen LogP) is 2.64. The van der Waals surface area contributed by atoms with Crippen molar-refractivity contribution in [3.05, 3.63) is 64.6 Å². The second-order valence-electron chi connectivity index (χ2n) is 4.89. The lowest BCUT2D eigenvalue weighted by Gasteiger charge is -2.15. The maximum Gasteiger partial charge on any atom is 0.326 e. The topological polar surface area (TPSA) is 75.6 Å². The average molecular weight is 378 g/mol. The molecule has 23 heavy (non-hydrogen) atoms. The molecule has 5 nitrogen and oxygen atoms in total. The molecular weight excluding hydrogens is 362 g/mol. The van der Waals surface area contributed by atoms with Gasteiger partial charge in [0.2, 0.25) is 0 Å². The van der Waals surface area contributed by atoms with Crippen LogP contribution in [0.4, 0.5) is 0 Å². The van der Waals surface area contributed by atoms with E-state index in [9.17, 15) is 14.7 Å². The van der Waals surface area contributed by atoms with E-state index < -0.39 is 17.9 Å². The quantitative estimate of drug-likeness (QED) is 0.777. The number of carbonyl (C=O) groups excluding carboxylic acids is 1. The van der Waals surface area contributed by atoms with E-state index in [-0.39, 0.29) is 13.0 Å². The predicted molar refractivity (Wildman–Crippen MR) is 89.3 cm³/mol. The fourth-order valence-electron chi connectivity index (χ4n) is 1.97. The summed E-state index contributed by atoms with van der Waals surface area (Å²) in [4.78, 5) is 23.2. The van der Waals surface area contributed by atoms with Crippen LogP contribution < -0.4 is 10.1 Å². The first-order valence-electron chi connectivity index (χ1n) is 6.99. The van der Waals surface area contributed by atoms with Crippen molar-refractivity contribution in [2.24, 2.45) is 0 Å². The van der Waals surface area contributed by atoms with Gasteiger partial charge in [-0.2, -0.15) is 0 Å². The fraction of sp³-hybridized carbons (Fsp3) is 0.176. The van der Waals surface area contributed by atoms with Crippen molar-refractivity contribution in [1.29, 1.82) is 0 Å². The summed E-state index contributed by atoms with van der Waals surface area (Å²) in [6.45, 7) is -0.236. The Bertz CT molecular complexity index is 658. The van der Waals surface area contributed by atoms with Crippen molar-refractivity contribution in [2.75, 3.05) is 6.61 Å². The average Bonchev–Trinajstić information content (AvgIpc) is 2.54. The number of nitrogens with one attached hydrogen (secondary N) is 1. The smallest absolute Gasteiger partial charge is 0.326 e. The summed E-state index contributed by atoms with van der Waals surface area (Å²) in [6, 6.07) is 15.2. The highest BCUT2D eigenvalue weighted by Crippen LogP contribution is 2.15. The van der Waals surface area contributed by atoms with E-state index in [2.05, 4.69) is 21.2 Å². The molecule has 1 atom stereocenters. The third-order valence-electron chi connectivity index (χ3n) is 3.10. The summed E-state index contributed by atoms with van der Waals surface area (Å²) < 4.78 is 6.23. The van der Waals surface area contributed by atoms with Crippen molar-refractivity contribution < 1.29 is 19.4 Å². The molecule has 0 spiro atoms. The zero-order valence-electron chi connectivity index (χ0n) is 12.2. The number of amides is 1. The Morgan fingerprint density at radius 3 is 2.35 bits per heavy atom. The van der Waals surface area contributed by atoms with Crippen LogP contribution in [0.25, 0.3) is 0 Å². The SMILES string of the molecule is O=C(COc1ccc(Br)cc1)NC(Cc1ccccc1)C(=O)O. The third-order valence-corrected chi connectivity index (χ3v) is 3.63. The monoisotopic (exact) mass is 377 g/mol. The molecule has 0 saturated carbocycles. The number of ether oxygens (including phenoxy) is 1. The number of carbonyl (C=O) groups is 2. The zero-order chi connectivity index (χ0) is 16.7. The van der Waals surface area contributed by atoms with Crippen LogP contribution in [0.3, 0.4) is 0 Å². The van der Waals surface area contributed by atoms with E-state index in [1.165, 1.54) is 0 Å². The molecule has 1 unspecified atom stereocenters. The Labute approximate surface area is 142 Å². The molecule has 1 amide bonds. The Morgan fingerprint density at radius 2 is 1.74 bits per heavy atom. The van der Waals surface area contributed by atoms with Crippen LogP contribution in [-0.4, -0.2) is 29.6 Å². The number of hydrogen-bond acceptors (Lipinski definition) is 3. The van der Waals surface area contributed by atoms with Crippen molar-refractivity contribution in [1.82, 2.24) is 5.32 Å². The molecule has 0 fully saturated rings. The van der Waals surface area contributed by atoms with Gasteiger partial charge in [-0.3, -0.25) is 4.79 Å². The van der Waals surface area contributed by atoms with Gasteiger partial charge in [0.1, 0.15) is 11.8 Å². The van der Waals surface area contributed by atoms with Gasteiger partial charge < -0.3 is 15.2 Å². The van der Waals surface area contributed by atoms with Crippen LogP contribution in [0, 0.1) is 0 Å². The lowest BCUT2D eigenvalue weighted by atomic mass is 10.1. The van der Waals surface area contributed by atoms with E-state index in [0.717, 1.165) is 10.0 Å². The van der Waals surface area contributed by atoms with Crippen LogP contribution in [0.1, 0.15) is 5.56 Å². The van der Waals surface area contributed by atoms with E-state index in [1.807, 2.05) is 30.3 Å². The molecule has 120 valence electrons. The maximum atomic E-state index is 11.9. The molecule has 0 aliphatic rings. The summed E-state index contributed by atoms with van der Waals surface area (Å²) in [5.74, 6) is -1.01. The first-order valence-corrected chi connectivity index (χ1v) is 7.78. The molecule has 0 aliphatic carbocycles. The highest BCUT2D eigenvalue weighted by molar-refractivity contribution is 9.10. The first kappa shape index (κ1) is 17.0. The van der Waals surface area contributed by atoms with E-state index in [4.69, 9.17) is 4.74 Å². The molecule has 2 N–H and O–H groups in total. The molecule has 6 heteroatoms. The van der Waals surface area contributed by atoms with E-state index >= 15 is 0 Å². The van der Waals surface area contributed by atoms with Crippen molar-refractivity contribution in [3.8, 4) is 5.75 Å². The second-order valence-corrected chi connectivity index (χ2v) is 5.81. The van der Waals surface area contributed by atoms with Gasteiger partial charge in [0.15, 0.2) is 6.61 Å². The van der Waals surface area contributed by atoms with Crippen molar-refractivity contribution in [2.45, 2.75) is 12.5 Å². The van der Waals surface area contributed by atoms with Crippen LogP contribution in [-0.2, 0) is 16.0 Å². The zero-order valence-corrected chi connectivity index (χ0v) is 13.8. The van der Waals surface area contributed by atoms with Gasteiger partial charge in [-0.1, -0.05) is 46.3 Å². The number of aliphatic carboxylic acids is 1. The molecule has 2 rings (SSSR count). The second kappa shape index (κ2) is 8.33. The van der Waals surface area contributed by atoms with Gasteiger partial charge in [-0.15, -0.1) is 0 Å².